The van der Waals surface area contributed by atoms with Crippen LogP contribution in [-0.4, -0.2) is 11.1 Å². The van der Waals surface area contributed by atoms with Gasteiger partial charge in [0.2, 0.25) is 0 Å². The lowest BCUT2D eigenvalue weighted by atomic mass is 10.1. The van der Waals surface area contributed by atoms with Crippen LogP contribution < -0.4 is 0 Å². The topological polar surface area (TPSA) is 37.3 Å². The molecule has 2 aromatic rings. The van der Waals surface area contributed by atoms with Gasteiger partial charge in [-0.25, -0.2) is 0 Å². The summed E-state index contributed by atoms with van der Waals surface area (Å²) in [5.74, 6) is -0.783. The number of fused-ring (bicyclic) bond motifs is 1. The molecule has 1 aromatic carbocycles. The van der Waals surface area contributed by atoms with Gasteiger partial charge >= 0.3 is 5.97 Å². The Morgan fingerprint density at radius 3 is 3.00 bits per heavy atom. The quantitative estimate of drug-likeness (QED) is 0.793. The normalized spacial score (nSPS) is 10.5. The standard InChI is InChI=1S/C10H8O2S/c11-10(12)6-7-1-2-9-8(5-7)3-4-13-9/h1-5H,6H2,(H,11,12). The van der Waals surface area contributed by atoms with Gasteiger partial charge in [-0.05, 0) is 34.5 Å². The van der Waals surface area contributed by atoms with E-state index in [-0.39, 0.29) is 6.42 Å². The molecule has 1 N–H and O–H groups in total. The lowest BCUT2D eigenvalue weighted by Gasteiger charge is -1.96. The molecule has 0 saturated carbocycles. The van der Waals surface area contributed by atoms with E-state index < -0.39 is 5.97 Å². The van der Waals surface area contributed by atoms with E-state index in [1.165, 1.54) is 4.70 Å². The predicted octanol–water partition coefficient (Wildman–Crippen LogP) is 2.53. The van der Waals surface area contributed by atoms with Crippen molar-refractivity contribution in [3.63, 3.8) is 0 Å². The van der Waals surface area contributed by atoms with E-state index >= 15 is 0 Å². The van der Waals surface area contributed by atoms with Gasteiger partial charge < -0.3 is 5.11 Å². The Bertz CT molecular complexity index is 445. The van der Waals surface area contributed by atoms with E-state index in [2.05, 4.69) is 0 Å². The maximum absolute atomic E-state index is 10.4. The molecular weight excluding hydrogens is 184 g/mol. The summed E-state index contributed by atoms with van der Waals surface area (Å²) < 4.78 is 1.20. The van der Waals surface area contributed by atoms with Crippen LogP contribution in [0.25, 0.3) is 10.1 Å². The molecule has 1 aromatic heterocycles. The summed E-state index contributed by atoms with van der Waals surface area (Å²) in [6.07, 6.45) is 0.103. The van der Waals surface area contributed by atoms with Gasteiger partial charge in [-0.3, -0.25) is 4.79 Å². The first-order valence-corrected chi connectivity index (χ1v) is 4.81. The summed E-state index contributed by atoms with van der Waals surface area (Å²) in [5, 5.41) is 11.7. The highest BCUT2D eigenvalue weighted by atomic mass is 32.1. The summed E-state index contributed by atoms with van der Waals surface area (Å²) in [5.41, 5.74) is 0.860. The maximum atomic E-state index is 10.4. The second kappa shape index (κ2) is 3.18. The van der Waals surface area contributed by atoms with Crippen molar-refractivity contribution in [3.05, 3.63) is 35.2 Å². The van der Waals surface area contributed by atoms with Crippen LogP contribution >= 0.6 is 11.3 Å². The van der Waals surface area contributed by atoms with Crippen molar-refractivity contribution in [2.24, 2.45) is 0 Å². The molecule has 0 radical (unpaired) electrons. The van der Waals surface area contributed by atoms with E-state index in [1.54, 1.807) is 11.3 Å². The first-order chi connectivity index (χ1) is 6.25. The molecule has 0 fully saturated rings. The molecule has 2 rings (SSSR count). The molecule has 0 aliphatic heterocycles. The number of carbonyl (C=O) groups is 1. The van der Waals surface area contributed by atoms with Crippen molar-refractivity contribution in [2.45, 2.75) is 6.42 Å². The van der Waals surface area contributed by atoms with E-state index in [0.717, 1.165) is 10.9 Å². The molecule has 0 bridgehead atoms. The largest absolute Gasteiger partial charge is 0.481 e. The fraction of sp³-hybridized carbons (Fsp3) is 0.100. The number of hydrogen-bond acceptors (Lipinski definition) is 2. The van der Waals surface area contributed by atoms with Gasteiger partial charge in [0.25, 0.3) is 0 Å². The summed E-state index contributed by atoms with van der Waals surface area (Å²) >= 11 is 1.67. The molecule has 3 heteroatoms. The smallest absolute Gasteiger partial charge is 0.307 e. The average Bonchev–Trinajstić information content (AvgIpc) is 2.49. The van der Waals surface area contributed by atoms with Crippen molar-refractivity contribution < 1.29 is 9.90 Å². The third kappa shape index (κ3) is 1.70. The molecule has 13 heavy (non-hydrogen) atoms. The molecule has 66 valence electrons. The van der Waals surface area contributed by atoms with Gasteiger partial charge in [0.05, 0.1) is 6.42 Å². The lowest BCUT2D eigenvalue weighted by molar-refractivity contribution is -0.136. The Kier molecular flexibility index (Phi) is 2.02. The zero-order chi connectivity index (χ0) is 9.26. The van der Waals surface area contributed by atoms with Gasteiger partial charge in [0.1, 0.15) is 0 Å². The Labute approximate surface area is 79.4 Å². The first kappa shape index (κ1) is 8.26. The number of rotatable bonds is 2. The predicted molar refractivity (Wildman–Crippen MR) is 53.2 cm³/mol. The number of carboxylic acid groups (broad SMARTS) is 1. The zero-order valence-electron chi connectivity index (χ0n) is 6.86. The van der Waals surface area contributed by atoms with Crippen molar-refractivity contribution in [1.82, 2.24) is 0 Å². The molecule has 2 nitrogen and oxygen atoms in total. The SMILES string of the molecule is O=C(O)Cc1ccc2sccc2c1. The van der Waals surface area contributed by atoms with E-state index in [1.807, 2.05) is 29.6 Å². The summed E-state index contributed by atoms with van der Waals surface area (Å²) in [6.45, 7) is 0. The highest BCUT2D eigenvalue weighted by Crippen LogP contribution is 2.21. The summed E-state index contributed by atoms with van der Waals surface area (Å²) in [6, 6.07) is 7.77. The van der Waals surface area contributed by atoms with Crippen LogP contribution in [0.5, 0.6) is 0 Å². The molecule has 1 heterocycles. The van der Waals surface area contributed by atoms with Crippen molar-refractivity contribution in [1.29, 1.82) is 0 Å². The second-order valence-electron chi connectivity index (χ2n) is 2.86. The summed E-state index contributed by atoms with van der Waals surface area (Å²) in [4.78, 5) is 10.4. The van der Waals surface area contributed by atoms with Crippen LogP contribution in [0, 0.1) is 0 Å². The monoisotopic (exact) mass is 192 g/mol. The second-order valence-corrected chi connectivity index (χ2v) is 3.81. The fourth-order valence-corrected chi connectivity index (χ4v) is 2.07. The number of hydrogen-bond donors (Lipinski definition) is 1. The summed E-state index contributed by atoms with van der Waals surface area (Å²) in [7, 11) is 0. The Hall–Kier alpha value is -1.35. The highest BCUT2D eigenvalue weighted by molar-refractivity contribution is 7.17. The Morgan fingerprint density at radius 2 is 2.23 bits per heavy atom. The van der Waals surface area contributed by atoms with Crippen LogP contribution in [0.1, 0.15) is 5.56 Å². The van der Waals surface area contributed by atoms with E-state index in [0.29, 0.717) is 0 Å². The first-order valence-electron chi connectivity index (χ1n) is 3.93. The minimum Gasteiger partial charge on any atom is -0.481 e. The van der Waals surface area contributed by atoms with Crippen LogP contribution in [0.15, 0.2) is 29.6 Å². The van der Waals surface area contributed by atoms with E-state index in [4.69, 9.17) is 5.11 Å². The lowest BCUT2D eigenvalue weighted by Crippen LogP contribution is -1.99. The molecule has 0 spiro atoms. The maximum Gasteiger partial charge on any atom is 0.307 e. The average molecular weight is 192 g/mol. The minimum absolute atomic E-state index is 0.103. The van der Waals surface area contributed by atoms with Gasteiger partial charge in [-0.2, -0.15) is 0 Å². The van der Waals surface area contributed by atoms with Crippen LogP contribution in [-0.2, 0) is 11.2 Å². The Balaban J connectivity index is 2.42. The van der Waals surface area contributed by atoms with Gasteiger partial charge in [0.15, 0.2) is 0 Å². The third-order valence-electron chi connectivity index (χ3n) is 1.87. The molecule has 0 amide bonds. The molecule has 0 aliphatic carbocycles. The number of thiophene rings is 1. The molecule has 0 saturated heterocycles. The van der Waals surface area contributed by atoms with Gasteiger partial charge in [0, 0.05) is 4.70 Å². The van der Waals surface area contributed by atoms with Crippen LogP contribution in [0.4, 0.5) is 0 Å². The van der Waals surface area contributed by atoms with Gasteiger partial charge in [-0.15, -0.1) is 11.3 Å². The number of benzene rings is 1. The minimum atomic E-state index is -0.783. The fourth-order valence-electron chi connectivity index (χ4n) is 1.30. The van der Waals surface area contributed by atoms with E-state index in [9.17, 15) is 4.79 Å². The zero-order valence-corrected chi connectivity index (χ0v) is 7.67. The van der Waals surface area contributed by atoms with Crippen molar-refractivity contribution in [2.75, 3.05) is 0 Å². The third-order valence-corrected chi connectivity index (χ3v) is 2.77. The number of aliphatic carboxylic acids is 1. The van der Waals surface area contributed by atoms with Crippen molar-refractivity contribution >= 4 is 27.4 Å². The van der Waals surface area contributed by atoms with Crippen LogP contribution in [0.3, 0.4) is 0 Å². The molecule has 0 aliphatic rings. The van der Waals surface area contributed by atoms with Crippen LogP contribution in [0.2, 0.25) is 0 Å². The van der Waals surface area contributed by atoms with Crippen molar-refractivity contribution in [3.8, 4) is 0 Å². The molecule has 0 unspecified atom stereocenters. The highest BCUT2D eigenvalue weighted by Gasteiger charge is 2.01. The number of carboxylic acids is 1. The molecular formula is C10H8O2S. The molecule has 0 atom stereocenters. The van der Waals surface area contributed by atoms with Gasteiger partial charge in [-0.1, -0.05) is 6.07 Å². The Morgan fingerprint density at radius 1 is 1.38 bits per heavy atom.